The van der Waals surface area contributed by atoms with Crippen LogP contribution in [0.25, 0.3) is 0 Å². The van der Waals surface area contributed by atoms with E-state index in [0.29, 0.717) is 11.5 Å². The van der Waals surface area contributed by atoms with Crippen LogP contribution in [0.15, 0.2) is 16.8 Å². The molecule has 0 radical (unpaired) electrons. The van der Waals surface area contributed by atoms with Crippen LogP contribution in [0.5, 0.6) is 0 Å². The van der Waals surface area contributed by atoms with Crippen LogP contribution in [0.1, 0.15) is 71.4 Å². The standard InChI is InChI=1S/C18H31NS/c1-5-11-19-17(15-10-12-20-13-15)14-6-8-16(9-7-14)18(2,3)4/h10,12-14,16-17,19H,5-9,11H2,1-4H3. The Morgan fingerprint density at radius 2 is 1.95 bits per heavy atom. The zero-order valence-corrected chi connectivity index (χ0v) is 14.4. The minimum Gasteiger partial charge on any atom is -0.310 e. The summed E-state index contributed by atoms with van der Waals surface area (Å²) in [6, 6.07) is 2.90. The summed E-state index contributed by atoms with van der Waals surface area (Å²) in [7, 11) is 0. The van der Waals surface area contributed by atoms with E-state index in [1.54, 1.807) is 0 Å². The fraction of sp³-hybridized carbons (Fsp3) is 0.778. The van der Waals surface area contributed by atoms with Gasteiger partial charge in [0.05, 0.1) is 0 Å². The average Bonchev–Trinajstić information content (AvgIpc) is 2.93. The van der Waals surface area contributed by atoms with Crippen molar-refractivity contribution >= 4 is 11.3 Å². The summed E-state index contributed by atoms with van der Waals surface area (Å²) in [5.74, 6) is 1.74. The van der Waals surface area contributed by atoms with Gasteiger partial charge in [0.2, 0.25) is 0 Å². The lowest BCUT2D eigenvalue weighted by Gasteiger charge is -2.39. The van der Waals surface area contributed by atoms with Crippen molar-refractivity contribution in [3.05, 3.63) is 22.4 Å². The predicted octanol–water partition coefficient (Wildman–Crippen LogP) is 5.64. The van der Waals surface area contributed by atoms with E-state index in [9.17, 15) is 0 Å². The van der Waals surface area contributed by atoms with Gasteiger partial charge in [0.1, 0.15) is 0 Å². The van der Waals surface area contributed by atoms with E-state index < -0.39 is 0 Å². The topological polar surface area (TPSA) is 12.0 Å². The molecule has 1 aromatic heterocycles. The van der Waals surface area contributed by atoms with Crippen molar-refractivity contribution in [2.45, 2.75) is 65.8 Å². The van der Waals surface area contributed by atoms with Crippen molar-refractivity contribution in [2.75, 3.05) is 6.54 Å². The Kier molecular flexibility index (Phi) is 5.68. The number of hydrogen-bond acceptors (Lipinski definition) is 2. The number of rotatable bonds is 5. The molecule has 1 saturated carbocycles. The van der Waals surface area contributed by atoms with Gasteiger partial charge in [-0.2, -0.15) is 11.3 Å². The second-order valence-electron chi connectivity index (χ2n) is 7.47. The largest absolute Gasteiger partial charge is 0.310 e. The first kappa shape index (κ1) is 16.0. The highest BCUT2D eigenvalue weighted by Crippen LogP contribution is 2.43. The van der Waals surface area contributed by atoms with Gasteiger partial charge in [0.15, 0.2) is 0 Å². The monoisotopic (exact) mass is 293 g/mol. The quantitative estimate of drug-likeness (QED) is 0.740. The van der Waals surface area contributed by atoms with Crippen LogP contribution in [0.3, 0.4) is 0 Å². The van der Waals surface area contributed by atoms with Crippen LogP contribution < -0.4 is 5.32 Å². The zero-order chi connectivity index (χ0) is 14.6. The first-order chi connectivity index (χ1) is 9.52. The van der Waals surface area contributed by atoms with Crippen LogP contribution >= 0.6 is 11.3 Å². The summed E-state index contributed by atoms with van der Waals surface area (Å²) in [5, 5.41) is 8.36. The highest BCUT2D eigenvalue weighted by Gasteiger charge is 2.33. The lowest BCUT2D eigenvalue weighted by atomic mass is 9.68. The summed E-state index contributed by atoms with van der Waals surface area (Å²) in [6.07, 6.45) is 6.81. The molecule has 0 bridgehead atoms. The Morgan fingerprint density at radius 3 is 2.45 bits per heavy atom. The van der Waals surface area contributed by atoms with Gasteiger partial charge in [-0.15, -0.1) is 0 Å². The number of nitrogens with one attached hydrogen (secondary N) is 1. The molecular weight excluding hydrogens is 262 g/mol. The summed E-state index contributed by atoms with van der Waals surface area (Å²) in [5.41, 5.74) is 2.00. The highest BCUT2D eigenvalue weighted by atomic mass is 32.1. The average molecular weight is 294 g/mol. The van der Waals surface area contributed by atoms with Gasteiger partial charge in [-0.3, -0.25) is 0 Å². The third-order valence-corrected chi connectivity index (χ3v) is 5.69. The fourth-order valence-electron chi connectivity index (χ4n) is 3.63. The zero-order valence-electron chi connectivity index (χ0n) is 13.6. The normalized spacial score (nSPS) is 25.6. The van der Waals surface area contributed by atoms with Crippen LogP contribution in [-0.2, 0) is 0 Å². The van der Waals surface area contributed by atoms with Gasteiger partial charge in [-0.1, -0.05) is 27.7 Å². The summed E-state index contributed by atoms with van der Waals surface area (Å²) in [4.78, 5) is 0. The molecule has 0 amide bonds. The molecule has 0 saturated heterocycles. The molecule has 2 heteroatoms. The molecule has 2 rings (SSSR count). The Hall–Kier alpha value is -0.340. The minimum absolute atomic E-state index is 0.486. The molecule has 1 nitrogen and oxygen atoms in total. The van der Waals surface area contributed by atoms with Crippen LogP contribution in [0.2, 0.25) is 0 Å². The van der Waals surface area contributed by atoms with Crippen LogP contribution in [0.4, 0.5) is 0 Å². The second-order valence-corrected chi connectivity index (χ2v) is 8.25. The first-order valence-corrected chi connectivity index (χ1v) is 9.22. The Bertz CT molecular complexity index is 369. The molecule has 1 atom stereocenters. The van der Waals surface area contributed by atoms with Crippen molar-refractivity contribution in [3.63, 3.8) is 0 Å². The Morgan fingerprint density at radius 1 is 1.25 bits per heavy atom. The highest BCUT2D eigenvalue weighted by molar-refractivity contribution is 7.07. The maximum atomic E-state index is 3.80. The molecule has 1 aliphatic rings. The van der Waals surface area contributed by atoms with Crippen molar-refractivity contribution in [2.24, 2.45) is 17.3 Å². The van der Waals surface area contributed by atoms with Gasteiger partial charge in [-0.25, -0.2) is 0 Å². The van der Waals surface area contributed by atoms with Crippen molar-refractivity contribution in [3.8, 4) is 0 Å². The lowest BCUT2D eigenvalue weighted by Crippen LogP contribution is -2.33. The third kappa shape index (κ3) is 4.08. The minimum atomic E-state index is 0.486. The number of hydrogen-bond donors (Lipinski definition) is 1. The van der Waals surface area contributed by atoms with E-state index >= 15 is 0 Å². The molecule has 0 spiro atoms. The third-order valence-electron chi connectivity index (χ3n) is 4.98. The number of thiophene rings is 1. The van der Waals surface area contributed by atoms with Gasteiger partial charge in [-0.05, 0) is 78.3 Å². The molecule has 0 aliphatic heterocycles. The molecule has 1 heterocycles. The smallest absolute Gasteiger partial charge is 0.0356 e. The lowest BCUT2D eigenvalue weighted by molar-refractivity contribution is 0.132. The van der Waals surface area contributed by atoms with Gasteiger partial charge in [0.25, 0.3) is 0 Å². The van der Waals surface area contributed by atoms with E-state index in [-0.39, 0.29) is 0 Å². The SMILES string of the molecule is CCCNC(c1ccsc1)C1CCC(C(C)(C)C)CC1. The fourth-order valence-corrected chi connectivity index (χ4v) is 4.32. The first-order valence-electron chi connectivity index (χ1n) is 8.28. The molecule has 1 aromatic rings. The predicted molar refractivity (Wildman–Crippen MR) is 90.3 cm³/mol. The van der Waals surface area contributed by atoms with Gasteiger partial charge in [0, 0.05) is 6.04 Å². The van der Waals surface area contributed by atoms with E-state index in [2.05, 4.69) is 49.8 Å². The van der Waals surface area contributed by atoms with Crippen molar-refractivity contribution in [1.82, 2.24) is 5.32 Å². The van der Waals surface area contributed by atoms with Crippen LogP contribution in [0, 0.1) is 17.3 Å². The molecule has 0 aromatic carbocycles. The van der Waals surface area contributed by atoms with Crippen LogP contribution in [-0.4, -0.2) is 6.54 Å². The second kappa shape index (κ2) is 7.09. The van der Waals surface area contributed by atoms with E-state index in [1.165, 1.54) is 37.7 Å². The Balaban J connectivity index is 1.98. The molecule has 1 aliphatic carbocycles. The molecule has 1 N–H and O–H groups in total. The molecule has 20 heavy (non-hydrogen) atoms. The summed E-state index contributed by atoms with van der Waals surface area (Å²) >= 11 is 1.83. The molecule has 114 valence electrons. The summed E-state index contributed by atoms with van der Waals surface area (Å²) in [6.45, 7) is 10.6. The molecule has 1 fully saturated rings. The Labute approximate surface area is 129 Å². The maximum Gasteiger partial charge on any atom is 0.0356 e. The van der Waals surface area contributed by atoms with E-state index in [1.807, 2.05) is 11.3 Å². The maximum absolute atomic E-state index is 3.80. The van der Waals surface area contributed by atoms with Crippen molar-refractivity contribution < 1.29 is 0 Å². The molecular formula is C18H31NS. The van der Waals surface area contributed by atoms with Gasteiger partial charge < -0.3 is 5.32 Å². The van der Waals surface area contributed by atoms with E-state index in [0.717, 1.165) is 18.4 Å². The molecule has 1 unspecified atom stereocenters. The van der Waals surface area contributed by atoms with E-state index in [4.69, 9.17) is 0 Å². The van der Waals surface area contributed by atoms with Gasteiger partial charge >= 0.3 is 0 Å². The summed E-state index contributed by atoms with van der Waals surface area (Å²) < 4.78 is 0. The van der Waals surface area contributed by atoms with Crippen molar-refractivity contribution in [1.29, 1.82) is 0 Å².